The van der Waals surface area contributed by atoms with Gasteiger partial charge in [0.15, 0.2) is 0 Å². The van der Waals surface area contributed by atoms with Gasteiger partial charge in [0, 0.05) is 10.8 Å². The van der Waals surface area contributed by atoms with Crippen molar-refractivity contribution in [3.63, 3.8) is 0 Å². The van der Waals surface area contributed by atoms with Crippen molar-refractivity contribution >= 4 is 33.0 Å². The van der Waals surface area contributed by atoms with Crippen molar-refractivity contribution in [2.45, 2.75) is 46.5 Å². The number of benzene rings is 6. The summed E-state index contributed by atoms with van der Waals surface area (Å²) >= 11 is 0. The second kappa shape index (κ2) is 11.4. The number of aromatic nitrogens is 2. The molecule has 8 aromatic rings. The molecule has 8 rings (SSSR count). The summed E-state index contributed by atoms with van der Waals surface area (Å²) in [5.41, 5.74) is 14.8. The van der Waals surface area contributed by atoms with Gasteiger partial charge in [-0.05, 0) is 100 Å². The van der Waals surface area contributed by atoms with Gasteiger partial charge in [-0.25, -0.2) is 4.98 Å². The molecule has 0 N–H and O–H groups in total. The Morgan fingerprint density at radius 3 is 1.87 bits per heavy atom. The molecule has 0 aliphatic rings. The van der Waals surface area contributed by atoms with Crippen molar-refractivity contribution in [2.75, 3.05) is 0 Å². The molecule has 6 aromatic carbocycles. The Hall–Kier alpha value is -5.41. The van der Waals surface area contributed by atoms with E-state index in [1.807, 2.05) is 6.07 Å². The Kier molecular flexibility index (Phi) is 7.06. The molecule has 0 atom stereocenters. The third kappa shape index (κ3) is 4.94. The number of rotatable bonds is 6. The number of hydrogen-bond donors (Lipinski definition) is 0. The molecule has 0 saturated heterocycles. The molecule has 0 aliphatic carbocycles. The maximum atomic E-state index is 6.60. The van der Waals surface area contributed by atoms with Crippen LogP contribution in [0.15, 0.2) is 132 Å². The van der Waals surface area contributed by atoms with Gasteiger partial charge in [0.05, 0.1) is 22.3 Å². The van der Waals surface area contributed by atoms with Gasteiger partial charge < -0.3 is 4.42 Å². The first-order valence-electron chi connectivity index (χ1n) is 16.6. The molecule has 47 heavy (non-hydrogen) atoms. The lowest BCUT2D eigenvalue weighted by molar-refractivity contribution is 0.669. The van der Waals surface area contributed by atoms with E-state index in [4.69, 9.17) is 9.40 Å². The highest BCUT2D eigenvalue weighted by molar-refractivity contribution is 6.10. The Morgan fingerprint density at radius 2 is 1.17 bits per heavy atom. The smallest absolute Gasteiger partial charge is 0.149 e. The van der Waals surface area contributed by atoms with Crippen LogP contribution in [0.1, 0.15) is 56.2 Å². The van der Waals surface area contributed by atoms with Crippen LogP contribution < -0.4 is 0 Å². The summed E-state index contributed by atoms with van der Waals surface area (Å²) in [7, 11) is 0. The molecule has 0 amide bonds. The van der Waals surface area contributed by atoms with Gasteiger partial charge in [0.2, 0.25) is 0 Å². The lowest BCUT2D eigenvalue weighted by Gasteiger charge is -2.24. The quantitative estimate of drug-likeness (QED) is 0.187. The largest absolute Gasteiger partial charge is 0.455 e. The number of aryl methyl sites for hydroxylation is 1. The van der Waals surface area contributed by atoms with E-state index in [0.29, 0.717) is 0 Å². The molecule has 0 fully saturated rings. The average Bonchev–Trinajstić information content (AvgIpc) is 3.66. The van der Waals surface area contributed by atoms with Crippen LogP contribution in [0.4, 0.5) is 0 Å². The Balaban J connectivity index is 1.39. The zero-order valence-electron chi connectivity index (χ0n) is 27.6. The summed E-state index contributed by atoms with van der Waals surface area (Å²) in [6, 6.07) is 45.6. The van der Waals surface area contributed by atoms with E-state index < -0.39 is 0 Å². The van der Waals surface area contributed by atoms with Crippen LogP contribution >= 0.6 is 0 Å². The molecule has 0 spiro atoms. The molecule has 0 saturated carbocycles. The molecule has 230 valence electrons. The molecule has 0 unspecified atom stereocenters. The Bertz CT molecular complexity index is 2380. The Morgan fingerprint density at radius 1 is 0.574 bits per heavy atom. The van der Waals surface area contributed by atoms with Gasteiger partial charge in [-0.3, -0.25) is 4.57 Å². The fourth-order valence-electron chi connectivity index (χ4n) is 7.04. The summed E-state index contributed by atoms with van der Waals surface area (Å²) in [6.07, 6.45) is 0. The minimum atomic E-state index is 0.281. The van der Waals surface area contributed by atoms with Crippen molar-refractivity contribution in [1.82, 2.24) is 9.55 Å². The summed E-state index contributed by atoms with van der Waals surface area (Å²) in [6.45, 7) is 11.4. The van der Waals surface area contributed by atoms with Crippen LogP contribution in [0.5, 0.6) is 0 Å². The molecule has 2 heterocycles. The van der Waals surface area contributed by atoms with E-state index in [1.54, 1.807) is 0 Å². The molecule has 0 bridgehead atoms. The first kappa shape index (κ1) is 29.0. The van der Waals surface area contributed by atoms with Crippen molar-refractivity contribution in [2.24, 2.45) is 0 Å². The van der Waals surface area contributed by atoms with Gasteiger partial charge in [-0.1, -0.05) is 113 Å². The monoisotopic (exact) mass is 610 g/mol. The molecule has 0 radical (unpaired) electrons. The van der Waals surface area contributed by atoms with E-state index in [-0.39, 0.29) is 11.8 Å². The van der Waals surface area contributed by atoms with E-state index in [2.05, 4.69) is 161 Å². The molecule has 3 nitrogen and oxygen atoms in total. The van der Waals surface area contributed by atoms with Crippen LogP contribution in [0.3, 0.4) is 0 Å². The van der Waals surface area contributed by atoms with Crippen LogP contribution in [-0.2, 0) is 0 Å². The van der Waals surface area contributed by atoms with Crippen molar-refractivity contribution in [3.05, 3.63) is 144 Å². The van der Waals surface area contributed by atoms with E-state index >= 15 is 0 Å². The van der Waals surface area contributed by atoms with Crippen LogP contribution in [0, 0.1) is 6.92 Å². The Labute approximate surface area is 276 Å². The number of nitrogens with zero attached hydrogens (tertiary/aromatic N) is 2. The topological polar surface area (TPSA) is 31.0 Å². The molecule has 3 heteroatoms. The van der Waals surface area contributed by atoms with Crippen LogP contribution in [0.25, 0.3) is 72.3 Å². The lowest BCUT2D eigenvalue weighted by Crippen LogP contribution is -2.09. The van der Waals surface area contributed by atoms with E-state index in [9.17, 15) is 0 Å². The minimum Gasteiger partial charge on any atom is -0.455 e. The number of imidazole rings is 1. The highest BCUT2D eigenvalue weighted by Gasteiger charge is 2.25. The van der Waals surface area contributed by atoms with Gasteiger partial charge in [0.1, 0.15) is 17.0 Å². The van der Waals surface area contributed by atoms with Gasteiger partial charge >= 0.3 is 0 Å². The van der Waals surface area contributed by atoms with Crippen LogP contribution in [-0.4, -0.2) is 9.55 Å². The molecule has 2 aromatic heterocycles. The zero-order valence-corrected chi connectivity index (χ0v) is 27.6. The molecular weight excluding hydrogens is 572 g/mol. The van der Waals surface area contributed by atoms with Gasteiger partial charge in [-0.15, -0.1) is 0 Å². The summed E-state index contributed by atoms with van der Waals surface area (Å²) < 4.78 is 9.01. The number of furan rings is 1. The third-order valence-electron chi connectivity index (χ3n) is 9.39. The average molecular weight is 611 g/mol. The summed E-state index contributed by atoms with van der Waals surface area (Å²) in [5.74, 6) is 1.47. The normalized spacial score (nSPS) is 11.9. The maximum absolute atomic E-state index is 6.60. The third-order valence-corrected chi connectivity index (χ3v) is 9.39. The standard InChI is InChI=1S/C44H38N2O/c1-27(2)35-25-33(32-21-19-31(20-22-32)30-13-7-6-8-14-30)26-36(28(3)4)42(35)46-40-17-11-10-16-39(40)45-44(46)38-24-29(5)23-37-34-15-9-12-18-41(34)47-43(37)38/h6-28H,1-5H3. The second-order valence-corrected chi connectivity index (χ2v) is 13.3. The predicted octanol–water partition coefficient (Wildman–Crippen LogP) is 12.5. The SMILES string of the molecule is Cc1cc(-c2nc3ccccc3n2-c2c(C(C)C)cc(-c3ccc(-c4ccccc4)cc3)cc2C(C)C)c2oc3ccccc3c2c1. The van der Waals surface area contributed by atoms with Gasteiger partial charge in [-0.2, -0.15) is 0 Å². The number of fused-ring (bicyclic) bond motifs is 4. The zero-order chi connectivity index (χ0) is 32.2. The fourth-order valence-corrected chi connectivity index (χ4v) is 7.04. The van der Waals surface area contributed by atoms with Crippen LogP contribution in [0.2, 0.25) is 0 Å². The van der Waals surface area contributed by atoms with Crippen molar-refractivity contribution in [1.29, 1.82) is 0 Å². The highest BCUT2D eigenvalue weighted by Crippen LogP contribution is 2.43. The number of para-hydroxylation sites is 3. The summed E-state index contributed by atoms with van der Waals surface area (Å²) in [4.78, 5) is 5.34. The minimum absolute atomic E-state index is 0.281. The van der Waals surface area contributed by atoms with E-state index in [0.717, 1.165) is 44.4 Å². The van der Waals surface area contributed by atoms with Crippen molar-refractivity contribution in [3.8, 4) is 39.3 Å². The lowest BCUT2D eigenvalue weighted by atomic mass is 9.87. The molecular formula is C44H38N2O. The fraction of sp³-hybridized carbons (Fsp3) is 0.159. The first-order chi connectivity index (χ1) is 22.9. The predicted molar refractivity (Wildman–Crippen MR) is 198 cm³/mol. The first-order valence-corrected chi connectivity index (χ1v) is 16.6. The maximum Gasteiger partial charge on any atom is 0.149 e. The van der Waals surface area contributed by atoms with Gasteiger partial charge in [0.25, 0.3) is 0 Å². The second-order valence-electron chi connectivity index (χ2n) is 13.3. The number of hydrogen-bond acceptors (Lipinski definition) is 2. The highest BCUT2D eigenvalue weighted by atomic mass is 16.3. The summed E-state index contributed by atoms with van der Waals surface area (Å²) in [5, 5.41) is 2.25. The molecule has 0 aliphatic heterocycles. The van der Waals surface area contributed by atoms with Crippen molar-refractivity contribution < 1.29 is 4.42 Å². The van der Waals surface area contributed by atoms with E-state index in [1.165, 1.54) is 44.6 Å².